The first kappa shape index (κ1) is 17.2. The molecule has 2 aliphatic rings. The smallest absolute Gasteiger partial charge is 0.322 e. The SMILES string of the molecule is CC1COCCN1C(=O)Nc1cccc(S(=O)(=O)C2CCCC2)c1. The number of anilines is 1. The summed E-state index contributed by atoms with van der Waals surface area (Å²) in [5.74, 6) is 0. The van der Waals surface area contributed by atoms with Crippen LogP contribution in [0.3, 0.4) is 0 Å². The molecule has 0 radical (unpaired) electrons. The lowest BCUT2D eigenvalue weighted by atomic mass is 10.2. The summed E-state index contributed by atoms with van der Waals surface area (Å²) in [6.45, 7) is 3.50. The van der Waals surface area contributed by atoms with Gasteiger partial charge in [-0.2, -0.15) is 0 Å². The third kappa shape index (κ3) is 3.57. The number of morpholine rings is 1. The van der Waals surface area contributed by atoms with E-state index in [0.29, 0.717) is 30.3 Å². The number of amides is 2. The van der Waals surface area contributed by atoms with Crippen LogP contribution < -0.4 is 5.32 Å². The molecule has 6 nitrogen and oxygen atoms in total. The van der Waals surface area contributed by atoms with E-state index in [1.165, 1.54) is 0 Å². The number of carbonyl (C=O) groups excluding carboxylic acids is 1. The number of benzene rings is 1. The molecule has 1 saturated heterocycles. The van der Waals surface area contributed by atoms with Crippen molar-refractivity contribution in [2.24, 2.45) is 0 Å². The van der Waals surface area contributed by atoms with Gasteiger partial charge in [0.15, 0.2) is 9.84 Å². The number of nitrogens with one attached hydrogen (secondary N) is 1. The number of hydrogen-bond acceptors (Lipinski definition) is 4. The Morgan fingerprint density at radius 3 is 2.75 bits per heavy atom. The molecule has 1 heterocycles. The van der Waals surface area contributed by atoms with Crippen LogP contribution in [-0.4, -0.2) is 50.4 Å². The lowest BCUT2D eigenvalue weighted by molar-refractivity contribution is 0.0222. The van der Waals surface area contributed by atoms with Crippen molar-refractivity contribution in [3.05, 3.63) is 24.3 Å². The first-order chi connectivity index (χ1) is 11.5. The van der Waals surface area contributed by atoms with Crippen molar-refractivity contribution in [2.45, 2.75) is 48.8 Å². The zero-order valence-electron chi connectivity index (χ0n) is 13.9. The van der Waals surface area contributed by atoms with Gasteiger partial charge in [0.1, 0.15) is 0 Å². The van der Waals surface area contributed by atoms with E-state index in [9.17, 15) is 13.2 Å². The van der Waals surface area contributed by atoms with Crippen molar-refractivity contribution >= 4 is 21.6 Å². The largest absolute Gasteiger partial charge is 0.377 e. The molecule has 24 heavy (non-hydrogen) atoms. The molecule has 1 N–H and O–H groups in total. The van der Waals surface area contributed by atoms with Gasteiger partial charge in [0.2, 0.25) is 0 Å². The molecule has 2 fully saturated rings. The van der Waals surface area contributed by atoms with E-state index >= 15 is 0 Å². The number of ether oxygens (including phenoxy) is 1. The third-order valence-corrected chi connectivity index (χ3v) is 7.04. The van der Waals surface area contributed by atoms with Crippen LogP contribution in [0, 0.1) is 0 Å². The Bertz CT molecular complexity index is 698. The van der Waals surface area contributed by atoms with E-state index in [1.807, 2.05) is 6.92 Å². The van der Waals surface area contributed by atoms with Gasteiger partial charge in [0.05, 0.1) is 29.4 Å². The van der Waals surface area contributed by atoms with E-state index in [0.717, 1.165) is 25.7 Å². The predicted octanol–water partition coefficient (Wildman–Crippen LogP) is 2.66. The molecule has 1 aliphatic heterocycles. The fraction of sp³-hybridized carbons (Fsp3) is 0.588. The summed E-state index contributed by atoms with van der Waals surface area (Å²) in [6, 6.07) is 6.36. The molecule has 1 aromatic rings. The maximum Gasteiger partial charge on any atom is 0.322 e. The highest BCUT2D eigenvalue weighted by Gasteiger charge is 2.30. The monoisotopic (exact) mass is 352 g/mol. The molecular formula is C17H24N2O4S. The van der Waals surface area contributed by atoms with Crippen LogP contribution in [0.4, 0.5) is 10.5 Å². The molecule has 0 aromatic heterocycles. The zero-order chi connectivity index (χ0) is 17.2. The van der Waals surface area contributed by atoms with Crippen LogP contribution in [0.2, 0.25) is 0 Å². The average molecular weight is 352 g/mol. The van der Waals surface area contributed by atoms with E-state index in [2.05, 4.69) is 5.32 Å². The van der Waals surface area contributed by atoms with Crippen LogP contribution >= 0.6 is 0 Å². The van der Waals surface area contributed by atoms with E-state index in [-0.39, 0.29) is 17.3 Å². The van der Waals surface area contributed by atoms with Crippen molar-refractivity contribution in [2.75, 3.05) is 25.1 Å². The number of nitrogens with zero attached hydrogens (tertiary/aromatic N) is 1. The van der Waals surface area contributed by atoms with E-state index < -0.39 is 9.84 Å². The molecule has 0 spiro atoms. The van der Waals surface area contributed by atoms with Crippen molar-refractivity contribution in [1.29, 1.82) is 0 Å². The van der Waals surface area contributed by atoms with Crippen molar-refractivity contribution in [3.63, 3.8) is 0 Å². The number of carbonyl (C=O) groups is 1. The molecule has 1 atom stereocenters. The van der Waals surface area contributed by atoms with Gasteiger partial charge in [-0.1, -0.05) is 18.9 Å². The predicted molar refractivity (Wildman–Crippen MR) is 91.9 cm³/mol. The van der Waals surface area contributed by atoms with Gasteiger partial charge >= 0.3 is 6.03 Å². The van der Waals surface area contributed by atoms with Crippen LogP contribution in [0.5, 0.6) is 0 Å². The topological polar surface area (TPSA) is 75.7 Å². The van der Waals surface area contributed by atoms with Gasteiger partial charge in [-0.15, -0.1) is 0 Å². The highest BCUT2D eigenvalue weighted by Crippen LogP contribution is 2.30. The molecule has 1 saturated carbocycles. The maximum atomic E-state index is 12.7. The van der Waals surface area contributed by atoms with Gasteiger partial charge in [0.25, 0.3) is 0 Å². The summed E-state index contributed by atoms with van der Waals surface area (Å²) in [7, 11) is -3.32. The quantitative estimate of drug-likeness (QED) is 0.907. The summed E-state index contributed by atoms with van der Waals surface area (Å²) in [6.07, 6.45) is 3.39. The number of rotatable bonds is 3. The average Bonchev–Trinajstić information content (AvgIpc) is 3.11. The molecule has 3 rings (SSSR count). The zero-order valence-corrected chi connectivity index (χ0v) is 14.7. The molecule has 1 aromatic carbocycles. The first-order valence-corrected chi connectivity index (χ1v) is 10.0. The standard InChI is InChI=1S/C17H24N2O4S/c1-13-12-23-10-9-19(13)17(20)18-14-5-4-8-16(11-14)24(21,22)15-6-2-3-7-15/h4-5,8,11,13,15H,2-3,6-7,9-10,12H2,1H3,(H,18,20). The van der Waals surface area contributed by atoms with Crippen LogP contribution in [0.15, 0.2) is 29.2 Å². The number of urea groups is 1. The minimum Gasteiger partial charge on any atom is -0.377 e. The second kappa shape index (κ2) is 7.11. The maximum absolute atomic E-state index is 12.7. The summed E-state index contributed by atoms with van der Waals surface area (Å²) in [5, 5.41) is 2.52. The normalized spacial score (nSPS) is 22.5. The second-order valence-electron chi connectivity index (χ2n) is 6.53. The van der Waals surface area contributed by atoms with Crippen LogP contribution in [-0.2, 0) is 14.6 Å². The Hall–Kier alpha value is -1.60. The third-order valence-electron chi connectivity index (χ3n) is 4.78. The fourth-order valence-electron chi connectivity index (χ4n) is 3.37. The van der Waals surface area contributed by atoms with Crippen LogP contribution in [0.1, 0.15) is 32.6 Å². The Morgan fingerprint density at radius 1 is 1.29 bits per heavy atom. The summed E-state index contributed by atoms with van der Waals surface area (Å²) in [5.41, 5.74) is 0.512. The molecule has 1 aliphatic carbocycles. The van der Waals surface area contributed by atoms with Gasteiger partial charge < -0.3 is 15.0 Å². The lowest BCUT2D eigenvalue weighted by Gasteiger charge is -2.33. The Balaban J connectivity index is 1.74. The molecule has 2 amide bonds. The number of sulfone groups is 1. The highest BCUT2D eigenvalue weighted by molar-refractivity contribution is 7.92. The van der Waals surface area contributed by atoms with Gasteiger partial charge in [-0.3, -0.25) is 0 Å². The first-order valence-electron chi connectivity index (χ1n) is 8.48. The van der Waals surface area contributed by atoms with Crippen molar-refractivity contribution in [1.82, 2.24) is 4.90 Å². The summed E-state index contributed by atoms with van der Waals surface area (Å²) in [4.78, 5) is 14.4. The second-order valence-corrected chi connectivity index (χ2v) is 8.75. The number of hydrogen-bond donors (Lipinski definition) is 1. The summed E-state index contributed by atoms with van der Waals surface area (Å²) >= 11 is 0. The molecule has 7 heteroatoms. The minimum absolute atomic E-state index is 0.00385. The van der Waals surface area contributed by atoms with Gasteiger partial charge in [-0.05, 0) is 38.0 Å². The minimum atomic E-state index is -3.32. The molecular weight excluding hydrogens is 328 g/mol. The van der Waals surface area contributed by atoms with Crippen molar-refractivity contribution in [3.8, 4) is 0 Å². The fourth-order valence-corrected chi connectivity index (χ4v) is 5.26. The molecule has 1 unspecified atom stereocenters. The molecule has 0 bridgehead atoms. The summed E-state index contributed by atoms with van der Waals surface area (Å²) < 4.78 is 30.7. The van der Waals surface area contributed by atoms with Gasteiger partial charge in [0, 0.05) is 12.2 Å². The Morgan fingerprint density at radius 2 is 2.04 bits per heavy atom. The van der Waals surface area contributed by atoms with Crippen molar-refractivity contribution < 1.29 is 17.9 Å². The Labute approximate surface area is 143 Å². The Kier molecular flexibility index (Phi) is 5.10. The van der Waals surface area contributed by atoms with Crippen LogP contribution in [0.25, 0.3) is 0 Å². The van der Waals surface area contributed by atoms with E-state index in [4.69, 9.17) is 4.74 Å². The lowest BCUT2D eigenvalue weighted by Crippen LogP contribution is -2.48. The highest BCUT2D eigenvalue weighted by atomic mass is 32.2. The van der Waals surface area contributed by atoms with E-state index in [1.54, 1.807) is 29.2 Å². The molecule has 132 valence electrons. The van der Waals surface area contributed by atoms with Gasteiger partial charge in [-0.25, -0.2) is 13.2 Å².